The van der Waals surface area contributed by atoms with Crippen LogP contribution in [0.1, 0.15) is 5.56 Å². The number of aryl methyl sites for hydroxylation is 1. The second-order valence-corrected chi connectivity index (χ2v) is 4.78. The molecule has 0 aliphatic heterocycles. The summed E-state index contributed by atoms with van der Waals surface area (Å²) >= 11 is 0. The van der Waals surface area contributed by atoms with Gasteiger partial charge in [-0.15, -0.1) is 0 Å². The molecule has 20 heavy (non-hydrogen) atoms. The van der Waals surface area contributed by atoms with Gasteiger partial charge < -0.3 is 0 Å². The molecule has 0 heterocycles. The smallest absolute Gasteiger partial charge is 0.258 e. The molecule has 0 unspecified atom stereocenters. The molecule has 0 saturated carbocycles. The highest BCUT2D eigenvalue weighted by Gasteiger charge is 2.11. The average Bonchev–Trinajstić information content (AvgIpc) is 2.46. The van der Waals surface area contributed by atoms with Gasteiger partial charge in [-0.3, -0.25) is 10.1 Å². The zero-order valence-electron chi connectivity index (χ0n) is 11.0. The summed E-state index contributed by atoms with van der Waals surface area (Å²) < 4.78 is 0. The first kappa shape index (κ1) is 12.4. The number of non-ortho nitro benzene ring substituents is 1. The van der Waals surface area contributed by atoms with Crippen LogP contribution >= 0.6 is 0 Å². The molecule has 0 spiro atoms. The summed E-state index contributed by atoms with van der Waals surface area (Å²) in [5, 5.41) is 13.1. The van der Waals surface area contributed by atoms with Gasteiger partial charge in [0.25, 0.3) is 5.69 Å². The van der Waals surface area contributed by atoms with Gasteiger partial charge in [-0.2, -0.15) is 0 Å². The Morgan fingerprint density at radius 2 is 1.65 bits per heavy atom. The van der Waals surface area contributed by atoms with Crippen molar-refractivity contribution in [2.45, 2.75) is 6.92 Å². The van der Waals surface area contributed by atoms with Crippen LogP contribution in [0, 0.1) is 17.0 Å². The van der Waals surface area contributed by atoms with Crippen LogP contribution in [-0.4, -0.2) is 4.92 Å². The predicted molar refractivity (Wildman–Crippen MR) is 80.8 cm³/mol. The van der Waals surface area contributed by atoms with E-state index in [9.17, 15) is 10.1 Å². The van der Waals surface area contributed by atoms with Crippen molar-refractivity contribution in [1.82, 2.24) is 0 Å². The van der Waals surface area contributed by atoms with Gasteiger partial charge in [0.15, 0.2) is 0 Å². The van der Waals surface area contributed by atoms with Gasteiger partial charge in [0, 0.05) is 12.1 Å². The normalized spacial score (nSPS) is 10.7. The Hall–Kier alpha value is -2.68. The van der Waals surface area contributed by atoms with Gasteiger partial charge >= 0.3 is 0 Å². The number of benzene rings is 3. The molecule has 3 rings (SSSR count). The lowest BCUT2D eigenvalue weighted by atomic mass is 9.95. The monoisotopic (exact) mass is 263 g/mol. The van der Waals surface area contributed by atoms with Crippen LogP contribution in [0.3, 0.4) is 0 Å². The fraction of sp³-hybridized carbons (Fsp3) is 0.0588. The van der Waals surface area contributed by atoms with Crippen molar-refractivity contribution < 1.29 is 4.92 Å². The van der Waals surface area contributed by atoms with Gasteiger partial charge in [-0.1, -0.05) is 42.5 Å². The minimum Gasteiger partial charge on any atom is -0.258 e. The first-order chi connectivity index (χ1) is 9.66. The quantitative estimate of drug-likeness (QED) is 0.495. The second-order valence-electron chi connectivity index (χ2n) is 4.78. The van der Waals surface area contributed by atoms with E-state index in [0.29, 0.717) is 0 Å². The minimum absolute atomic E-state index is 0.131. The Labute approximate surface area is 116 Å². The average molecular weight is 263 g/mol. The Bertz CT molecular complexity index is 804. The van der Waals surface area contributed by atoms with Crippen LogP contribution in [0.25, 0.3) is 21.9 Å². The highest BCUT2D eigenvalue weighted by atomic mass is 16.6. The van der Waals surface area contributed by atoms with Gasteiger partial charge in [-0.05, 0) is 40.5 Å². The Balaban J connectivity index is 2.23. The number of fused-ring (bicyclic) bond motifs is 1. The molecule has 0 aromatic heterocycles. The lowest BCUT2D eigenvalue weighted by Crippen LogP contribution is -1.91. The molecule has 0 radical (unpaired) electrons. The molecule has 98 valence electrons. The molecule has 0 amide bonds. The largest absolute Gasteiger partial charge is 0.269 e. The Morgan fingerprint density at radius 3 is 2.40 bits per heavy atom. The van der Waals surface area contributed by atoms with Crippen molar-refractivity contribution in [3.8, 4) is 11.1 Å². The van der Waals surface area contributed by atoms with E-state index >= 15 is 0 Å². The van der Waals surface area contributed by atoms with Gasteiger partial charge in [0.05, 0.1) is 4.92 Å². The van der Waals surface area contributed by atoms with Crippen molar-refractivity contribution in [1.29, 1.82) is 0 Å². The number of hydrogen-bond acceptors (Lipinski definition) is 2. The van der Waals surface area contributed by atoms with Crippen LogP contribution in [-0.2, 0) is 0 Å². The van der Waals surface area contributed by atoms with Crippen molar-refractivity contribution in [3.63, 3.8) is 0 Å². The van der Waals surface area contributed by atoms with Crippen molar-refractivity contribution in [2.24, 2.45) is 0 Å². The van der Waals surface area contributed by atoms with Crippen LogP contribution in [0.5, 0.6) is 0 Å². The van der Waals surface area contributed by atoms with E-state index in [0.717, 1.165) is 22.1 Å². The van der Waals surface area contributed by atoms with E-state index in [2.05, 4.69) is 24.3 Å². The molecular formula is C17H13NO2. The third-order valence-corrected chi connectivity index (χ3v) is 3.50. The van der Waals surface area contributed by atoms with E-state index in [4.69, 9.17) is 0 Å². The van der Waals surface area contributed by atoms with Crippen LogP contribution < -0.4 is 0 Å². The number of nitrogens with zero attached hydrogens (tertiary/aromatic N) is 1. The van der Waals surface area contributed by atoms with Crippen LogP contribution in [0.15, 0.2) is 60.7 Å². The third-order valence-electron chi connectivity index (χ3n) is 3.50. The molecule has 0 saturated heterocycles. The summed E-state index contributed by atoms with van der Waals surface area (Å²) in [5.41, 5.74) is 3.19. The fourth-order valence-corrected chi connectivity index (χ4v) is 2.52. The maximum absolute atomic E-state index is 10.8. The standard InChI is InChI=1S/C17H13NO2/c1-12-11-14(18(19)20)9-10-15(12)17-8-4-6-13-5-2-3-7-16(13)17/h2-11H,1H3. The molecule has 0 atom stereocenters. The molecule has 3 nitrogen and oxygen atoms in total. The lowest BCUT2D eigenvalue weighted by Gasteiger charge is -2.09. The van der Waals surface area contributed by atoms with E-state index in [-0.39, 0.29) is 10.6 Å². The van der Waals surface area contributed by atoms with E-state index in [1.165, 1.54) is 5.39 Å². The van der Waals surface area contributed by atoms with Crippen molar-refractivity contribution in [3.05, 3.63) is 76.3 Å². The zero-order chi connectivity index (χ0) is 14.1. The summed E-state index contributed by atoms with van der Waals surface area (Å²) in [7, 11) is 0. The Kier molecular flexibility index (Phi) is 2.95. The summed E-state index contributed by atoms with van der Waals surface area (Å²) in [6, 6.07) is 19.3. The zero-order valence-corrected chi connectivity index (χ0v) is 11.0. The van der Waals surface area contributed by atoms with Gasteiger partial charge in [0.2, 0.25) is 0 Å². The van der Waals surface area contributed by atoms with Gasteiger partial charge in [0.1, 0.15) is 0 Å². The first-order valence-electron chi connectivity index (χ1n) is 6.40. The van der Waals surface area contributed by atoms with Crippen molar-refractivity contribution >= 4 is 16.5 Å². The highest BCUT2D eigenvalue weighted by Crippen LogP contribution is 2.32. The molecule has 0 aliphatic carbocycles. The second kappa shape index (κ2) is 4.78. The maximum Gasteiger partial charge on any atom is 0.269 e. The first-order valence-corrected chi connectivity index (χ1v) is 6.40. The van der Waals surface area contributed by atoms with E-state index < -0.39 is 0 Å². The number of nitro groups is 1. The molecule has 0 aliphatic rings. The van der Waals surface area contributed by atoms with Crippen LogP contribution in [0.2, 0.25) is 0 Å². The SMILES string of the molecule is Cc1cc([N+](=O)[O-])ccc1-c1cccc2ccccc12. The van der Waals surface area contributed by atoms with Crippen molar-refractivity contribution in [2.75, 3.05) is 0 Å². The Morgan fingerprint density at radius 1 is 0.900 bits per heavy atom. The molecule has 0 bridgehead atoms. The number of nitro benzene ring substituents is 1. The molecule has 0 N–H and O–H groups in total. The topological polar surface area (TPSA) is 43.1 Å². The maximum atomic E-state index is 10.8. The van der Waals surface area contributed by atoms with E-state index in [1.54, 1.807) is 12.1 Å². The third kappa shape index (κ3) is 2.03. The number of hydrogen-bond donors (Lipinski definition) is 0. The molecule has 3 heteroatoms. The number of rotatable bonds is 2. The summed E-state index contributed by atoms with van der Waals surface area (Å²) in [4.78, 5) is 10.5. The highest BCUT2D eigenvalue weighted by molar-refractivity contribution is 5.97. The summed E-state index contributed by atoms with van der Waals surface area (Å²) in [6.07, 6.45) is 0. The molecular weight excluding hydrogens is 250 g/mol. The van der Waals surface area contributed by atoms with Gasteiger partial charge in [-0.25, -0.2) is 0 Å². The van der Waals surface area contributed by atoms with E-state index in [1.807, 2.05) is 31.2 Å². The fourth-order valence-electron chi connectivity index (χ4n) is 2.52. The molecule has 3 aromatic rings. The molecule has 3 aromatic carbocycles. The molecule has 0 fully saturated rings. The minimum atomic E-state index is -0.361. The predicted octanol–water partition coefficient (Wildman–Crippen LogP) is 4.72. The lowest BCUT2D eigenvalue weighted by molar-refractivity contribution is -0.384. The van der Waals surface area contributed by atoms with Crippen LogP contribution in [0.4, 0.5) is 5.69 Å². The summed E-state index contributed by atoms with van der Waals surface area (Å²) in [6.45, 7) is 1.91. The summed E-state index contributed by atoms with van der Waals surface area (Å²) in [5.74, 6) is 0.